The first-order valence-corrected chi connectivity index (χ1v) is 6.86. The van der Waals surface area contributed by atoms with Crippen LogP contribution in [0.15, 0.2) is 53.0 Å². The maximum atomic E-state index is 10.6. The molecular weight excluding hydrogens is 322 g/mol. The summed E-state index contributed by atoms with van der Waals surface area (Å²) in [5, 5.41) is 11.0. The van der Waals surface area contributed by atoms with Gasteiger partial charge in [-0.3, -0.25) is 0 Å². The van der Waals surface area contributed by atoms with Crippen molar-refractivity contribution in [2.45, 2.75) is 13.2 Å². The van der Waals surface area contributed by atoms with Gasteiger partial charge in [-0.25, -0.2) is 4.79 Å². The Balaban J connectivity index is 2.08. The van der Waals surface area contributed by atoms with E-state index in [4.69, 9.17) is 9.84 Å². The average Bonchev–Trinajstić information content (AvgIpc) is 2.45. The number of hydrogen-bond donors (Lipinski definition) is 2. The van der Waals surface area contributed by atoms with Crippen molar-refractivity contribution in [3.8, 4) is 5.75 Å². The van der Waals surface area contributed by atoms with Crippen molar-refractivity contribution >= 4 is 22.0 Å². The van der Waals surface area contributed by atoms with E-state index in [9.17, 15) is 4.79 Å². The van der Waals surface area contributed by atoms with Crippen molar-refractivity contribution in [2.24, 2.45) is 0 Å². The Morgan fingerprint density at radius 3 is 2.65 bits per heavy atom. The van der Waals surface area contributed by atoms with Crippen molar-refractivity contribution < 1.29 is 14.6 Å². The van der Waals surface area contributed by atoms with Gasteiger partial charge in [0.1, 0.15) is 12.4 Å². The molecule has 0 radical (unpaired) electrons. The maximum absolute atomic E-state index is 10.6. The summed E-state index contributed by atoms with van der Waals surface area (Å²) in [7, 11) is 0. The molecule has 20 heavy (non-hydrogen) atoms. The molecule has 0 aliphatic heterocycles. The molecule has 2 aromatic rings. The van der Waals surface area contributed by atoms with Crippen molar-refractivity contribution in [1.29, 1.82) is 0 Å². The predicted octanol–water partition coefficient (Wildman–Crippen LogP) is 3.80. The number of amides is 1. The van der Waals surface area contributed by atoms with Crippen LogP contribution in [0.25, 0.3) is 0 Å². The van der Waals surface area contributed by atoms with Gasteiger partial charge in [0.15, 0.2) is 0 Å². The van der Waals surface area contributed by atoms with Gasteiger partial charge in [0.25, 0.3) is 0 Å². The summed E-state index contributed by atoms with van der Waals surface area (Å²) in [6.07, 6.45) is -1.06. The minimum atomic E-state index is -1.06. The fourth-order valence-corrected chi connectivity index (χ4v) is 2.14. The molecule has 2 rings (SSSR count). The van der Waals surface area contributed by atoms with Gasteiger partial charge in [-0.1, -0.05) is 46.3 Å². The number of benzene rings is 2. The summed E-state index contributed by atoms with van der Waals surface area (Å²) in [6.45, 7) is 0.654. The molecular formula is C15H14BrNO3. The van der Waals surface area contributed by atoms with E-state index in [0.717, 1.165) is 15.6 Å². The van der Waals surface area contributed by atoms with Crippen molar-refractivity contribution in [1.82, 2.24) is 5.32 Å². The van der Waals surface area contributed by atoms with Gasteiger partial charge in [0.05, 0.1) is 0 Å². The second-order valence-corrected chi connectivity index (χ2v) is 5.10. The summed E-state index contributed by atoms with van der Waals surface area (Å²) >= 11 is 3.37. The first-order chi connectivity index (χ1) is 9.65. The van der Waals surface area contributed by atoms with E-state index in [1.165, 1.54) is 0 Å². The standard InChI is InChI=1S/C15H14BrNO3/c16-13-6-7-14(12(8-13)9-17-15(18)19)20-10-11-4-2-1-3-5-11/h1-8,17H,9-10H2,(H,18,19). The van der Waals surface area contributed by atoms with Crippen molar-refractivity contribution in [3.63, 3.8) is 0 Å². The molecule has 0 fully saturated rings. The molecule has 104 valence electrons. The van der Waals surface area contributed by atoms with Crippen LogP contribution in [0.4, 0.5) is 4.79 Å². The summed E-state index contributed by atoms with van der Waals surface area (Å²) in [5.74, 6) is 0.672. The molecule has 0 aliphatic carbocycles. The second kappa shape index (κ2) is 6.96. The van der Waals surface area contributed by atoms with Crippen LogP contribution in [0.1, 0.15) is 11.1 Å². The van der Waals surface area contributed by atoms with Crippen LogP contribution in [0, 0.1) is 0 Å². The summed E-state index contributed by atoms with van der Waals surface area (Å²) < 4.78 is 6.64. The third-order valence-corrected chi connectivity index (χ3v) is 3.18. The zero-order valence-electron chi connectivity index (χ0n) is 10.7. The lowest BCUT2D eigenvalue weighted by Crippen LogP contribution is -2.20. The molecule has 5 heteroatoms. The van der Waals surface area contributed by atoms with Gasteiger partial charge in [-0.2, -0.15) is 0 Å². The molecule has 0 atom stereocenters. The lowest BCUT2D eigenvalue weighted by molar-refractivity contribution is 0.193. The van der Waals surface area contributed by atoms with Crippen LogP contribution in [0.3, 0.4) is 0 Å². The predicted molar refractivity (Wildman–Crippen MR) is 79.8 cm³/mol. The lowest BCUT2D eigenvalue weighted by Gasteiger charge is -2.12. The highest BCUT2D eigenvalue weighted by atomic mass is 79.9. The Labute approximate surface area is 125 Å². The number of hydrogen-bond acceptors (Lipinski definition) is 2. The average molecular weight is 336 g/mol. The number of rotatable bonds is 5. The highest BCUT2D eigenvalue weighted by molar-refractivity contribution is 9.10. The Bertz CT molecular complexity index is 587. The van der Waals surface area contributed by atoms with Gasteiger partial charge in [0.2, 0.25) is 0 Å². The minimum Gasteiger partial charge on any atom is -0.489 e. The third-order valence-electron chi connectivity index (χ3n) is 2.69. The van der Waals surface area contributed by atoms with E-state index in [2.05, 4.69) is 21.2 Å². The third kappa shape index (κ3) is 4.28. The SMILES string of the molecule is O=C(O)NCc1cc(Br)ccc1OCc1ccccc1. The van der Waals surface area contributed by atoms with E-state index in [1.54, 1.807) is 0 Å². The first-order valence-electron chi connectivity index (χ1n) is 6.07. The first kappa shape index (κ1) is 14.4. The topological polar surface area (TPSA) is 58.6 Å². The molecule has 2 aromatic carbocycles. The van der Waals surface area contributed by atoms with Crippen molar-refractivity contribution in [2.75, 3.05) is 0 Å². The van der Waals surface area contributed by atoms with Gasteiger partial charge in [0, 0.05) is 16.6 Å². The molecule has 0 spiro atoms. The minimum absolute atomic E-state index is 0.207. The molecule has 0 heterocycles. The highest BCUT2D eigenvalue weighted by Gasteiger charge is 2.06. The van der Waals surface area contributed by atoms with E-state index in [-0.39, 0.29) is 6.54 Å². The molecule has 0 bridgehead atoms. The maximum Gasteiger partial charge on any atom is 0.404 e. The van der Waals surface area contributed by atoms with E-state index < -0.39 is 6.09 Å². The fraction of sp³-hybridized carbons (Fsp3) is 0.133. The number of ether oxygens (including phenoxy) is 1. The Morgan fingerprint density at radius 1 is 1.20 bits per heavy atom. The molecule has 0 aromatic heterocycles. The number of halogens is 1. The van der Waals surface area contributed by atoms with Crippen LogP contribution >= 0.6 is 15.9 Å². The molecule has 2 N–H and O–H groups in total. The van der Waals surface area contributed by atoms with Crippen LogP contribution in [0.5, 0.6) is 5.75 Å². The monoisotopic (exact) mass is 335 g/mol. The summed E-state index contributed by atoms with van der Waals surface area (Å²) in [5.41, 5.74) is 1.85. The van der Waals surface area contributed by atoms with E-state index in [1.807, 2.05) is 48.5 Å². The fourth-order valence-electron chi connectivity index (χ4n) is 1.73. The smallest absolute Gasteiger partial charge is 0.404 e. The normalized spacial score (nSPS) is 10.1. The Morgan fingerprint density at radius 2 is 1.95 bits per heavy atom. The highest BCUT2D eigenvalue weighted by Crippen LogP contribution is 2.24. The number of carboxylic acid groups (broad SMARTS) is 1. The molecule has 4 nitrogen and oxygen atoms in total. The van der Waals surface area contributed by atoms with Crippen LogP contribution in [0.2, 0.25) is 0 Å². The molecule has 0 saturated carbocycles. The Hall–Kier alpha value is -2.01. The van der Waals surface area contributed by atoms with E-state index in [0.29, 0.717) is 12.4 Å². The number of carbonyl (C=O) groups is 1. The second-order valence-electron chi connectivity index (χ2n) is 4.19. The van der Waals surface area contributed by atoms with E-state index >= 15 is 0 Å². The largest absolute Gasteiger partial charge is 0.489 e. The molecule has 1 amide bonds. The molecule has 0 aliphatic rings. The Kier molecular flexibility index (Phi) is 5.01. The van der Waals surface area contributed by atoms with Gasteiger partial charge < -0.3 is 15.2 Å². The summed E-state index contributed by atoms with van der Waals surface area (Å²) in [4.78, 5) is 10.6. The van der Waals surface area contributed by atoms with Gasteiger partial charge in [-0.05, 0) is 23.8 Å². The zero-order valence-corrected chi connectivity index (χ0v) is 12.3. The van der Waals surface area contributed by atoms with Crippen molar-refractivity contribution in [3.05, 3.63) is 64.1 Å². The lowest BCUT2D eigenvalue weighted by atomic mass is 10.2. The van der Waals surface area contributed by atoms with Crippen LogP contribution < -0.4 is 10.1 Å². The number of nitrogens with one attached hydrogen (secondary N) is 1. The molecule has 0 saturated heterocycles. The van der Waals surface area contributed by atoms with Crippen LogP contribution in [-0.4, -0.2) is 11.2 Å². The van der Waals surface area contributed by atoms with Crippen LogP contribution in [-0.2, 0) is 13.2 Å². The summed E-state index contributed by atoms with van der Waals surface area (Å²) in [6, 6.07) is 15.3. The molecule has 0 unspecified atom stereocenters. The zero-order chi connectivity index (χ0) is 14.4. The van der Waals surface area contributed by atoms with Gasteiger partial charge >= 0.3 is 6.09 Å². The quantitative estimate of drug-likeness (QED) is 0.873. The van der Waals surface area contributed by atoms with Gasteiger partial charge in [-0.15, -0.1) is 0 Å².